The van der Waals surface area contributed by atoms with Crippen molar-refractivity contribution < 1.29 is 9.47 Å². The number of nitrogens with one attached hydrogen (secondary N) is 1. The van der Waals surface area contributed by atoms with Crippen molar-refractivity contribution in [3.05, 3.63) is 23.8 Å². The molecule has 3 rings (SSSR count). The fourth-order valence-electron chi connectivity index (χ4n) is 2.52. The molecule has 1 aliphatic heterocycles. The Morgan fingerprint density at radius 3 is 2.95 bits per heavy atom. The Hall–Kier alpha value is -1.22. The summed E-state index contributed by atoms with van der Waals surface area (Å²) >= 11 is 0. The Bertz CT molecular complexity index is 429. The van der Waals surface area contributed by atoms with E-state index in [9.17, 15) is 0 Å². The van der Waals surface area contributed by atoms with Gasteiger partial charge >= 0.3 is 0 Å². The first kappa shape index (κ1) is 12.8. The van der Waals surface area contributed by atoms with Crippen LogP contribution in [0.4, 0.5) is 0 Å². The van der Waals surface area contributed by atoms with Gasteiger partial charge in [0, 0.05) is 6.04 Å². The highest BCUT2D eigenvalue weighted by molar-refractivity contribution is 5.44. The van der Waals surface area contributed by atoms with Crippen molar-refractivity contribution in [2.24, 2.45) is 5.92 Å². The van der Waals surface area contributed by atoms with Crippen molar-refractivity contribution >= 4 is 0 Å². The number of benzene rings is 1. The lowest BCUT2D eigenvalue weighted by atomic mass is 10.1. The highest BCUT2D eigenvalue weighted by Gasteiger charge is 2.20. The van der Waals surface area contributed by atoms with Crippen molar-refractivity contribution in [1.82, 2.24) is 5.32 Å². The lowest BCUT2D eigenvalue weighted by molar-refractivity contribution is 0.174. The number of aryl methyl sites for hydroxylation is 1. The largest absolute Gasteiger partial charge is 0.454 e. The Morgan fingerprint density at radius 1 is 1.26 bits per heavy atom. The molecule has 0 aromatic heterocycles. The van der Waals surface area contributed by atoms with E-state index in [2.05, 4.69) is 24.4 Å². The highest BCUT2D eigenvalue weighted by atomic mass is 16.7. The maximum Gasteiger partial charge on any atom is 0.231 e. The third-order valence-electron chi connectivity index (χ3n) is 4.05. The minimum absolute atomic E-state index is 0.359. The van der Waals surface area contributed by atoms with Crippen LogP contribution < -0.4 is 14.8 Å². The van der Waals surface area contributed by atoms with Crippen LogP contribution in [0.2, 0.25) is 0 Å². The van der Waals surface area contributed by atoms with Crippen LogP contribution in [0.5, 0.6) is 11.5 Å². The summed E-state index contributed by atoms with van der Waals surface area (Å²) in [5.74, 6) is 2.79. The minimum atomic E-state index is 0.359. The molecule has 1 N–H and O–H groups in total. The molecule has 1 aliphatic carbocycles. The SMILES string of the molecule is CC(CCc1ccc2c(c1)OCO2)NCCC1CC1. The fourth-order valence-corrected chi connectivity index (χ4v) is 2.52. The molecule has 1 heterocycles. The lowest BCUT2D eigenvalue weighted by Gasteiger charge is -2.13. The van der Waals surface area contributed by atoms with Crippen LogP contribution in [-0.4, -0.2) is 19.4 Å². The van der Waals surface area contributed by atoms with Gasteiger partial charge in [-0.25, -0.2) is 0 Å². The van der Waals surface area contributed by atoms with Crippen LogP contribution in [0.25, 0.3) is 0 Å². The summed E-state index contributed by atoms with van der Waals surface area (Å²) in [5, 5.41) is 3.62. The minimum Gasteiger partial charge on any atom is -0.454 e. The Morgan fingerprint density at radius 2 is 2.11 bits per heavy atom. The van der Waals surface area contributed by atoms with Gasteiger partial charge in [0.15, 0.2) is 11.5 Å². The third kappa shape index (κ3) is 3.63. The molecule has 0 radical (unpaired) electrons. The maximum absolute atomic E-state index is 5.41. The van der Waals surface area contributed by atoms with Gasteiger partial charge < -0.3 is 14.8 Å². The first-order chi connectivity index (χ1) is 9.31. The van der Waals surface area contributed by atoms with Gasteiger partial charge in [-0.15, -0.1) is 0 Å². The van der Waals surface area contributed by atoms with E-state index in [-0.39, 0.29) is 0 Å². The first-order valence-corrected chi connectivity index (χ1v) is 7.43. The van der Waals surface area contributed by atoms with Crippen LogP contribution in [-0.2, 0) is 6.42 Å². The molecule has 0 bridgehead atoms. The molecule has 0 spiro atoms. The molecular weight excluding hydrogens is 238 g/mol. The Kier molecular flexibility index (Phi) is 3.92. The average molecular weight is 261 g/mol. The molecule has 1 atom stereocenters. The average Bonchev–Trinajstić information content (AvgIpc) is 3.12. The van der Waals surface area contributed by atoms with Gasteiger partial charge in [0.25, 0.3) is 0 Å². The van der Waals surface area contributed by atoms with E-state index >= 15 is 0 Å². The standard InChI is InChI=1S/C16H23NO2/c1-12(17-9-8-13-4-5-13)2-3-14-6-7-15-16(10-14)19-11-18-15/h6-7,10,12-13,17H,2-5,8-9,11H2,1H3. The predicted molar refractivity (Wildman–Crippen MR) is 75.7 cm³/mol. The Labute approximate surface area is 115 Å². The number of ether oxygens (including phenoxy) is 2. The lowest BCUT2D eigenvalue weighted by Crippen LogP contribution is -2.27. The van der Waals surface area contributed by atoms with Crippen molar-refractivity contribution in [2.45, 2.75) is 45.1 Å². The Balaban J connectivity index is 1.40. The van der Waals surface area contributed by atoms with Gasteiger partial charge in [0.1, 0.15) is 0 Å². The number of rotatable bonds is 7. The van der Waals surface area contributed by atoms with Crippen LogP contribution in [0.3, 0.4) is 0 Å². The molecule has 3 nitrogen and oxygen atoms in total. The predicted octanol–water partition coefficient (Wildman–Crippen LogP) is 3.13. The van der Waals surface area contributed by atoms with E-state index in [1.165, 1.54) is 37.8 Å². The fraction of sp³-hybridized carbons (Fsp3) is 0.625. The molecule has 0 amide bonds. The third-order valence-corrected chi connectivity index (χ3v) is 4.05. The first-order valence-electron chi connectivity index (χ1n) is 7.43. The molecule has 1 saturated carbocycles. The van der Waals surface area contributed by atoms with Crippen LogP contribution in [0.1, 0.15) is 38.2 Å². The summed E-state index contributed by atoms with van der Waals surface area (Å²) in [6, 6.07) is 6.86. The molecule has 1 aromatic rings. The zero-order chi connectivity index (χ0) is 13.1. The van der Waals surface area contributed by atoms with E-state index in [0.29, 0.717) is 12.8 Å². The summed E-state index contributed by atoms with van der Waals surface area (Å²) in [6.07, 6.45) is 6.52. The zero-order valence-electron chi connectivity index (χ0n) is 11.7. The molecule has 3 heteroatoms. The van der Waals surface area contributed by atoms with Crippen molar-refractivity contribution in [1.29, 1.82) is 0 Å². The highest BCUT2D eigenvalue weighted by Crippen LogP contribution is 2.33. The maximum atomic E-state index is 5.41. The quantitative estimate of drug-likeness (QED) is 0.818. The molecule has 0 saturated heterocycles. The second-order valence-electron chi connectivity index (χ2n) is 5.81. The second kappa shape index (κ2) is 5.83. The zero-order valence-corrected chi connectivity index (χ0v) is 11.7. The van der Waals surface area contributed by atoms with E-state index in [1.807, 2.05) is 6.07 Å². The summed E-state index contributed by atoms with van der Waals surface area (Å²) in [6.45, 7) is 3.81. The summed E-state index contributed by atoms with van der Waals surface area (Å²) in [7, 11) is 0. The number of fused-ring (bicyclic) bond motifs is 1. The summed E-state index contributed by atoms with van der Waals surface area (Å²) in [4.78, 5) is 0. The van der Waals surface area contributed by atoms with Gasteiger partial charge in [-0.2, -0.15) is 0 Å². The molecule has 1 fully saturated rings. The molecule has 1 aromatic carbocycles. The summed E-state index contributed by atoms with van der Waals surface area (Å²) in [5.41, 5.74) is 1.33. The molecule has 2 aliphatic rings. The molecule has 104 valence electrons. The second-order valence-corrected chi connectivity index (χ2v) is 5.81. The van der Waals surface area contributed by atoms with Gasteiger partial charge in [0.05, 0.1) is 0 Å². The normalized spacial score (nSPS) is 18.6. The summed E-state index contributed by atoms with van der Waals surface area (Å²) < 4.78 is 10.7. The van der Waals surface area contributed by atoms with Crippen molar-refractivity contribution in [3.63, 3.8) is 0 Å². The molecule has 1 unspecified atom stereocenters. The van der Waals surface area contributed by atoms with Crippen molar-refractivity contribution in [3.8, 4) is 11.5 Å². The monoisotopic (exact) mass is 261 g/mol. The van der Waals surface area contributed by atoms with E-state index in [1.54, 1.807) is 0 Å². The van der Waals surface area contributed by atoms with E-state index in [4.69, 9.17) is 9.47 Å². The van der Waals surface area contributed by atoms with Crippen molar-refractivity contribution in [2.75, 3.05) is 13.3 Å². The van der Waals surface area contributed by atoms with Gasteiger partial charge in [-0.05, 0) is 56.3 Å². The van der Waals surface area contributed by atoms with Crippen LogP contribution in [0, 0.1) is 5.92 Å². The van der Waals surface area contributed by atoms with Gasteiger partial charge in [-0.1, -0.05) is 18.9 Å². The van der Waals surface area contributed by atoms with Crippen LogP contribution >= 0.6 is 0 Å². The topological polar surface area (TPSA) is 30.5 Å². The number of hydrogen-bond acceptors (Lipinski definition) is 3. The smallest absolute Gasteiger partial charge is 0.231 e. The van der Waals surface area contributed by atoms with E-state index in [0.717, 1.165) is 23.8 Å². The van der Waals surface area contributed by atoms with E-state index < -0.39 is 0 Å². The number of hydrogen-bond donors (Lipinski definition) is 1. The molecular formula is C16H23NO2. The van der Waals surface area contributed by atoms with Crippen LogP contribution in [0.15, 0.2) is 18.2 Å². The van der Waals surface area contributed by atoms with Gasteiger partial charge in [0.2, 0.25) is 6.79 Å². The van der Waals surface area contributed by atoms with Gasteiger partial charge in [-0.3, -0.25) is 0 Å². The molecule has 19 heavy (non-hydrogen) atoms.